The van der Waals surface area contributed by atoms with Crippen LogP contribution in [0.15, 0.2) is 161 Å². The molecule has 8 aromatic heterocycles. The Morgan fingerprint density at radius 3 is 1.26 bits per heavy atom. The van der Waals surface area contributed by atoms with Crippen molar-refractivity contribution in [2.75, 3.05) is 26.2 Å². The van der Waals surface area contributed by atoms with Crippen LogP contribution in [0.5, 0.6) is 0 Å². The summed E-state index contributed by atoms with van der Waals surface area (Å²) in [6.07, 6.45) is -1.23. The first-order valence-corrected chi connectivity index (χ1v) is 40.9. The van der Waals surface area contributed by atoms with Gasteiger partial charge in [-0.2, -0.15) is 0 Å². The second-order valence-corrected chi connectivity index (χ2v) is 32.3. The van der Waals surface area contributed by atoms with E-state index in [9.17, 15) is 53.4 Å². The second-order valence-electron chi connectivity index (χ2n) is 29.1. The number of nitrogens with zero attached hydrogens (tertiary/aromatic N) is 26. The molecule has 6 N–H and O–H groups in total. The van der Waals surface area contributed by atoms with Gasteiger partial charge in [0.2, 0.25) is 6.08 Å². The zero-order chi connectivity index (χ0) is 90.8. The molecule has 0 radical (unpaired) electrons. The van der Waals surface area contributed by atoms with E-state index in [1.165, 1.54) is 47.4 Å². The van der Waals surface area contributed by atoms with E-state index in [1.54, 1.807) is 92.8 Å². The number of alkyl halides is 3. The summed E-state index contributed by atoms with van der Waals surface area (Å²) in [7, 11) is 0. The van der Waals surface area contributed by atoms with Crippen molar-refractivity contribution in [2.45, 2.75) is 175 Å². The first-order valence-electron chi connectivity index (χ1n) is 38.1. The van der Waals surface area contributed by atoms with E-state index >= 15 is 0 Å². The number of halogens is 3. The molecule has 4 unspecified atom stereocenters. The number of H-pyrrole nitrogens is 4. The van der Waals surface area contributed by atoms with Gasteiger partial charge in [0, 0.05) is 45.1 Å². The summed E-state index contributed by atoms with van der Waals surface area (Å²) < 4.78 is 46.9. The van der Waals surface area contributed by atoms with E-state index in [1.807, 2.05) is 60.7 Å². The van der Waals surface area contributed by atoms with E-state index in [4.69, 9.17) is 55.3 Å². The fourth-order valence-electron chi connectivity index (χ4n) is 13.7. The molecule has 16 atom stereocenters. The van der Waals surface area contributed by atoms with E-state index < -0.39 is 124 Å². The predicted molar refractivity (Wildman–Crippen MR) is 454 cm³/mol. The molecule has 16 rings (SSSR count). The summed E-state index contributed by atoms with van der Waals surface area (Å²) in [5, 5.41) is 34.7. The number of benzene rings is 3. The number of fused-ring (bicyclic) bond motifs is 5. The Morgan fingerprint density at radius 2 is 0.876 bits per heavy atom. The molecule has 3 aromatic carbocycles. The van der Waals surface area contributed by atoms with E-state index in [0.717, 1.165) is 11.1 Å². The Kier molecular flexibility index (Phi) is 37.8. The molecule has 11 aromatic rings. The number of isocyanates is 1. The number of carbonyl (C=O) groups is 4. The number of amides is 2. The second kappa shape index (κ2) is 47.3. The van der Waals surface area contributed by atoms with Gasteiger partial charge in [0.1, 0.15) is 35.4 Å². The largest absolute Gasteiger partial charge is 1.00 e. The van der Waals surface area contributed by atoms with Gasteiger partial charge in [-0.1, -0.05) is 168 Å². The molecule has 0 saturated carbocycles. The van der Waals surface area contributed by atoms with Crippen LogP contribution in [-0.2, 0) is 60.5 Å². The number of aromatic nitrogens is 16. The fourth-order valence-corrected chi connectivity index (χ4v) is 15.5. The molecule has 0 spiro atoms. The van der Waals surface area contributed by atoms with Crippen LogP contribution < -0.4 is 86.5 Å². The van der Waals surface area contributed by atoms with Crippen molar-refractivity contribution in [1.82, 2.24) is 83.0 Å². The number of rotatable bonds is 20. The molecule has 5 saturated heterocycles. The maximum atomic E-state index is 12.7. The van der Waals surface area contributed by atoms with Crippen LogP contribution in [0, 0.1) is 27.7 Å². The van der Waals surface area contributed by atoms with Gasteiger partial charge in [-0.05, 0) is 79.5 Å². The molecule has 666 valence electrons. The third kappa shape index (κ3) is 25.6. The predicted octanol–water partition coefficient (Wildman–Crippen LogP) is 2.20. The molecular formula is C75H79Br3N30Na2O19. The van der Waals surface area contributed by atoms with Crippen molar-refractivity contribution >= 4 is 122 Å². The number of ether oxygens (including phenoxy) is 7. The summed E-state index contributed by atoms with van der Waals surface area (Å²) in [6, 6.07) is 27.0. The van der Waals surface area contributed by atoms with Crippen molar-refractivity contribution in [3.05, 3.63) is 239 Å². The molecule has 0 bridgehead atoms. The molecule has 0 aliphatic carbocycles. The Hall–Kier alpha value is -11.3. The summed E-state index contributed by atoms with van der Waals surface area (Å²) in [5.74, 6) is 0.260. The molecule has 129 heavy (non-hydrogen) atoms. The quantitative estimate of drug-likeness (QED) is 0.00840. The fraction of sp³-hybridized carbons (Fsp3) is 0.427. The van der Waals surface area contributed by atoms with Gasteiger partial charge in [-0.3, -0.25) is 56.7 Å². The van der Waals surface area contributed by atoms with Crippen LogP contribution in [0.1, 0.15) is 104 Å². The summed E-state index contributed by atoms with van der Waals surface area (Å²) >= 11 is 10.3. The Balaban J connectivity index is 0.000000201. The number of aliphatic hydroxyl groups is 1. The van der Waals surface area contributed by atoms with Crippen LogP contribution in [0.2, 0.25) is 0 Å². The summed E-state index contributed by atoms with van der Waals surface area (Å²) in [5.41, 5.74) is 36.5. The number of aliphatic hydroxyl groups excluding tert-OH is 1. The normalized spacial score (nSPS) is 22.5. The van der Waals surface area contributed by atoms with Gasteiger partial charge < -0.3 is 68.8 Å². The van der Waals surface area contributed by atoms with Crippen LogP contribution >= 0.6 is 47.8 Å². The van der Waals surface area contributed by atoms with Gasteiger partial charge >= 0.3 is 77.1 Å². The van der Waals surface area contributed by atoms with Gasteiger partial charge in [-0.25, -0.2) is 49.5 Å². The molecule has 5 aliphatic heterocycles. The smallest absolute Gasteiger partial charge is 0.870 e. The molecule has 5 fully saturated rings. The van der Waals surface area contributed by atoms with Crippen molar-refractivity contribution in [2.24, 2.45) is 25.4 Å². The average molecular weight is 1990 g/mol. The number of aromatic amines is 4. The van der Waals surface area contributed by atoms with Gasteiger partial charge in [-0.15, -0.1) is 10.6 Å². The molecule has 49 nitrogen and oxygen atoms in total. The number of aliphatic imine (C=N–C) groups is 1. The summed E-state index contributed by atoms with van der Waals surface area (Å²) in [6.45, 7) is 13.3. The standard InChI is InChI=1S/C20H20BrN7O4.C19H18N8O4.C13H14BrN7O4.C11H12BrN7O3.C8H5NO2.C4H9O.2Na.H2O/c1-11-25-18-16(19(30)26-11)23-10-28(18)20-17(15(21)13(31-20)9-24-27-22)32-14(29)8-7-12-5-3-2-4-6-12;1-10-23-16-13(17(28)24-10)21-9-27(16)18-15-14(12(30-18)7-22-25-20)26(19(29)31-15)8-11-5-3-2-4-6-11;1-5-18-11-9(12(23)19-5)16-4-21(11)13-10(24-6(2)22)8(14)7(25-13)3-17-20-15;1-4-16-9-7(10(21)17-4)14-3-19(9)11-8(20)6(12)5(22-11)2-15-18-13;10-6-9-8(11)7-4-2-1-3-5-7;1-4(2,3)5;;;/h2-6,10,13,15,17,20H,7-9H2,1H3,(H,25,26,30);2-6,9,12,14-15,18H,7-8H2,1H3,(H,23,24,28);4,7-8,10,13H,3H2,1-2H3,(H,18,19,23);3,5-6,8,11,20H,2H2,1H3,(H,16,17,21);1-5H;1-3H3;;;1H2/q;;;;;-1;2*+1;/p-1/t13-,15?,17+,20-;12-,14?,15+,18-;7-,8?,10+,13-;5-,6?,8+,11-;;;;;/m1111...../s1. The number of hydrogen-bond acceptors (Lipinski definition) is 31. The Labute approximate surface area is 796 Å². The third-order valence-corrected chi connectivity index (χ3v) is 22.3. The SMILES string of the molecule is CC(=O)O[C@H]1C(Br)[C@@H](CN=[N+]=[N-])O[C@H]1n1cnc2c(=O)[nH]c(C)nc21.CC(C)(C)[O-].Cc1nc2c(ncn2[C@@H]2O[C@H](CN=[N+]=[N-])C(Br)[C@@H]2O)c(=O)[nH]1.Cc1nc2c(ncn2[C@@H]2O[C@H](CN=[N+]=[N-])C(Br)[C@@H]2OC(=O)CCc2ccccc2)c(=O)[nH]1.Cc1nc2c(ncn2[C@@H]2O[C@H](CN=[N+]=[N-])C3[C@@H]2OC(=O)N3Cc2ccccc2)c(=O)[nH]1.O=C=NC(=O)c1ccccc1.[Na+].[Na+].[OH-]. The van der Waals surface area contributed by atoms with Crippen molar-refractivity contribution in [1.29, 1.82) is 0 Å². The maximum absolute atomic E-state index is 12.7. The molecule has 2 amide bonds. The molecule has 5 aliphatic rings. The number of imidazole rings is 4. The topological polar surface area (TPSA) is 688 Å². The van der Waals surface area contributed by atoms with Gasteiger partial charge in [0.15, 0.2) is 87.9 Å². The number of azide groups is 4. The zero-order valence-corrected chi connectivity index (χ0v) is 79.0. The monoisotopic (exact) mass is 1990 g/mol. The van der Waals surface area contributed by atoms with Crippen molar-refractivity contribution in [3.63, 3.8) is 0 Å². The van der Waals surface area contributed by atoms with Crippen molar-refractivity contribution < 1.29 is 132 Å². The van der Waals surface area contributed by atoms with E-state index in [-0.39, 0.29) is 141 Å². The average Bonchev–Trinajstić information content (AvgIpc) is 1.58. The van der Waals surface area contributed by atoms with Gasteiger partial charge in [0.25, 0.3) is 28.1 Å². The third-order valence-electron chi connectivity index (χ3n) is 19.0. The van der Waals surface area contributed by atoms with Crippen LogP contribution in [0.25, 0.3) is 86.4 Å². The Morgan fingerprint density at radius 1 is 0.535 bits per heavy atom. The van der Waals surface area contributed by atoms with Gasteiger partial charge in [0.05, 0.1) is 90.4 Å². The minimum atomic E-state index is -0.905. The molecule has 54 heteroatoms. The number of nitrogens with one attached hydrogen (secondary N) is 4. The van der Waals surface area contributed by atoms with E-state index in [2.05, 4.69) is 153 Å². The Bertz CT molecular complexity index is 6290. The zero-order valence-electron chi connectivity index (χ0n) is 70.3. The minimum absolute atomic E-state index is 0. The van der Waals surface area contributed by atoms with Crippen molar-refractivity contribution in [3.8, 4) is 0 Å². The first-order chi connectivity index (χ1) is 60.3. The maximum Gasteiger partial charge on any atom is 1.00 e. The van der Waals surface area contributed by atoms with Crippen LogP contribution in [0.3, 0.4) is 0 Å². The first kappa shape index (κ1) is 103. The molecular weight excluding hydrogens is 1910 g/mol. The number of esters is 2. The van der Waals surface area contributed by atoms with Crippen LogP contribution in [0.4, 0.5) is 4.79 Å². The number of carbonyl (C=O) groups excluding carboxylic acids is 5. The number of aryl methyl sites for hydroxylation is 5. The molecule has 13 heterocycles. The minimum Gasteiger partial charge on any atom is -0.870 e. The van der Waals surface area contributed by atoms with Crippen LogP contribution in [-0.4, -0.2) is 225 Å². The van der Waals surface area contributed by atoms with E-state index in [0.29, 0.717) is 64.4 Å². The number of hydrogen-bond donors (Lipinski definition) is 5. The summed E-state index contributed by atoms with van der Waals surface area (Å²) in [4.78, 5) is 164.